The molecule has 0 radical (unpaired) electrons. The first-order valence-corrected chi connectivity index (χ1v) is 11.0. The SMILES string of the molecule is O=C(CN1CCOC2(CCOCC2)C1)NC(c1ccccc1)C1CCCCC1. The van der Waals surface area contributed by atoms with Crippen LogP contribution in [-0.4, -0.2) is 55.9 Å². The van der Waals surface area contributed by atoms with Gasteiger partial charge in [0.1, 0.15) is 0 Å². The molecule has 1 saturated carbocycles. The number of amides is 1. The molecule has 1 unspecified atom stereocenters. The van der Waals surface area contributed by atoms with Gasteiger partial charge >= 0.3 is 0 Å². The van der Waals surface area contributed by atoms with Crippen molar-refractivity contribution in [1.29, 1.82) is 0 Å². The molecule has 154 valence electrons. The topological polar surface area (TPSA) is 50.8 Å². The van der Waals surface area contributed by atoms with E-state index in [9.17, 15) is 4.79 Å². The first kappa shape index (κ1) is 19.9. The van der Waals surface area contributed by atoms with Crippen LogP contribution in [0.15, 0.2) is 30.3 Å². The molecule has 3 fully saturated rings. The van der Waals surface area contributed by atoms with Crippen molar-refractivity contribution >= 4 is 5.91 Å². The fourth-order valence-corrected chi connectivity index (χ4v) is 5.13. The van der Waals surface area contributed by atoms with Gasteiger partial charge in [0.05, 0.1) is 24.8 Å². The van der Waals surface area contributed by atoms with Crippen molar-refractivity contribution in [1.82, 2.24) is 10.2 Å². The van der Waals surface area contributed by atoms with Gasteiger partial charge in [-0.2, -0.15) is 0 Å². The maximum Gasteiger partial charge on any atom is 0.234 e. The van der Waals surface area contributed by atoms with Crippen LogP contribution in [0.5, 0.6) is 0 Å². The molecule has 4 rings (SSSR count). The fraction of sp³-hybridized carbons (Fsp3) is 0.696. The lowest BCUT2D eigenvalue weighted by Crippen LogP contribution is -2.56. The molecule has 1 aromatic carbocycles. The van der Waals surface area contributed by atoms with E-state index in [4.69, 9.17) is 9.47 Å². The maximum atomic E-state index is 13.0. The molecule has 1 aromatic rings. The maximum absolute atomic E-state index is 13.0. The van der Waals surface area contributed by atoms with Gasteiger partial charge in [-0.3, -0.25) is 9.69 Å². The highest BCUT2D eigenvalue weighted by Gasteiger charge is 2.39. The summed E-state index contributed by atoms with van der Waals surface area (Å²) in [7, 11) is 0. The summed E-state index contributed by atoms with van der Waals surface area (Å²) in [6, 6.07) is 10.6. The van der Waals surface area contributed by atoms with E-state index < -0.39 is 0 Å². The van der Waals surface area contributed by atoms with Gasteiger partial charge in [-0.05, 0) is 24.3 Å². The van der Waals surface area contributed by atoms with Crippen molar-refractivity contribution in [2.75, 3.05) is 39.5 Å². The minimum atomic E-state index is -0.112. The summed E-state index contributed by atoms with van der Waals surface area (Å²) in [5.74, 6) is 0.690. The first-order valence-electron chi connectivity index (χ1n) is 11.0. The third-order valence-electron chi connectivity index (χ3n) is 6.70. The van der Waals surface area contributed by atoms with E-state index in [0.29, 0.717) is 19.1 Å². The van der Waals surface area contributed by atoms with Crippen LogP contribution in [0.2, 0.25) is 0 Å². The van der Waals surface area contributed by atoms with Crippen molar-refractivity contribution in [3.8, 4) is 0 Å². The zero-order valence-corrected chi connectivity index (χ0v) is 16.9. The van der Waals surface area contributed by atoms with Crippen LogP contribution in [0, 0.1) is 5.92 Å². The smallest absolute Gasteiger partial charge is 0.234 e. The molecule has 1 aliphatic carbocycles. The van der Waals surface area contributed by atoms with Gasteiger partial charge in [-0.25, -0.2) is 0 Å². The molecule has 2 aliphatic heterocycles. The molecule has 28 heavy (non-hydrogen) atoms. The molecule has 1 N–H and O–H groups in total. The Labute approximate surface area is 168 Å². The zero-order valence-electron chi connectivity index (χ0n) is 16.9. The normalized spacial score (nSPS) is 24.7. The Bertz CT molecular complexity index is 618. The van der Waals surface area contributed by atoms with Gasteiger partial charge in [0, 0.05) is 39.1 Å². The minimum Gasteiger partial charge on any atom is -0.381 e. The van der Waals surface area contributed by atoms with Crippen LogP contribution in [0.25, 0.3) is 0 Å². The molecule has 5 heteroatoms. The van der Waals surface area contributed by atoms with Crippen molar-refractivity contribution in [2.24, 2.45) is 5.92 Å². The van der Waals surface area contributed by atoms with Crippen LogP contribution in [0.3, 0.4) is 0 Å². The standard InChI is InChI=1S/C23H34N2O3/c26-21(17-25-13-16-28-23(18-25)11-14-27-15-12-23)24-22(19-7-3-1-4-8-19)20-9-5-2-6-10-20/h1,3-4,7-8,20,22H,2,5-6,9-18H2,(H,24,26). The number of nitrogens with zero attached hydrogens (tertiary/aromatic N) is 1. The monoisotopic (exact) mass is 386 g/mol. The van der Waals surface area contributed by atoms with Crippen molar-refractivity contribution in [2.45, 2.75) is 56.6 Å². The molecule has 1 spiro atoms. The Morgan fingerprint density at radius 3 is 2.61 bits per heavy atom. The summed E-state index contributed by atoms with van der Waals surface area (Å²) in [5, 5.41) is 3.40. The molecule has 0 bridgehead atoms. The summed E-state index contributed by atoms with van der Waals surface area (Å²) in [5.41, 5.74) is 1.13. The lowest BCUT2D eigenvalue weighted by molar-refractivity contribution is -0.156. The molecule has 1 amide bonds. The Balaban J connectivity index is 1.38. The number of hydrogen-bond acceptors (Lipinski definition) is 4. The van der Waals surface area contributed by atoms with E-state index in [2.05, 4.69) is 34.5 Å². The average molecular weight is 387 g/mol. The van der Waals surface area contributed by atoms with Gasteiger partial charge in [0.2, 0.25) is 5.91 Å². The number of hydrogen-bond donors (Lipinski definition) is 1. The predicted molar refractivity (Wildman–Crippen MR) is 109 cm³/mol. The number of nitrogens with one attached hydrogen (secondary N) is 1. The molecule has 1 atom stereocenters. The summed E-state index contributed by atoms with van der Waals surface area (Å²) in [6.07, 6.45) is 8.15. The molecule has 3 aliphatic rings. The number of benzene rings is 1. The minimum absolute atomic E-state index is 0.112. The highest BCUT2D eigenvalue weighted by molar-refractivity contribution is 5.78. The largest absolute Gasteiger partial charge is 0.381 e. The Kier molecular flexibility index (Phi) is 6.65. The Hall–Kier alpha value is -1.43. The molecule has 2 saturated heterocycles. The zero-order chi connectivity index (χ0) is 19.2. The van der Waals surface area contributed by atoms with E-state index in [0.717, 1.165) is 39.1 Å². The van der Waals surface area contributed by atoms with Crippen LogP contribution in [-0.2, 0) is 14.3 Å². The number of carbonyl (C=O) groups excluding carboxylic acids is 1. The number of carbonyl (C=O) groups is 1. The Morgan fingerprint density at radius 1 is 1.11 bits per heavy atom. The van der Waals surface area contributed by atoms with E-state index in [1.165, 1.54) is 37.7 Å². The van der Waals surface area contributed by atoms with Gasteiger partial charge < -0.3 is 14.8 Å². The first-order chi connectivity index (χ1) is 13.7. The predicted octanol–water partition coefficient (Wildman–Crippen LogP) is 3.31. The summed E-state index contributed by atoms with van der Waals surface area (Å²) < 4.78 is 11.6. The molecule has 0 aromatic heterocycles. The highest BCUT2D eigenvalue weighted by Crippen LogP contribution is 2.34. The van der Waals surface area contributed by atoms with Crippen molar-refractivity contribution in [3.05, 3.63) is 35.9 Å². The molecular weight excluding hydrogens is 352 g/mol. The molecular formula is C23H34N2O3. The van der Waals surface area contributed by atoms with Crippen LogP contribution in [0.4, 0.5) is 0 Å². The van der Waals surface area contributed by atoms with E-state index >= 15 is 0 Å². The lowest BCUT2D eigenvalue weighted by atomic mass is 9.81. The third kappa shape index (κ3) is 4.94. The van der Waals surface area contributed by atoms with E-state index in [1.807, 2.05) is 6.07 Å². The van der Waals surface area contributed by atoms with Crippen LogP contribution < -0.4 is 5.32 Å². The average Bonchev–Trinajstić information content (AvgIpc) is 2.74. The number of morpholine rings is 1. The second-order valence-corrected chi connectivity index (χ2v) is 8.71. The highest BCUT2D eigenvalue weighted by atomic mass is 16.5. The molecule has 2 heterocycles. The molecule has 5 nitrogen and oxygen atoms in total. The van der Waals surface area contributed by atoms with Gasteiger partial charge in [-0.1, -0.05) is 49.6 Å². The van der Waals surface area contributed by atoms with E-state index in [1.54, 1.807) is 0 Å². The lowest BCUT2D eigenvalue weighted by Gasteiger charge is -2.44. The van der Waals surface area contributed by atoms with Gasteiger partial charge in [-0.15, -0.1) is 0 Å². The van der Waals surface area contributed by atoms with Crippen LogP contribution >= 0.6 is 0 Å². The second kappa shape index (κ2) is 9.38. The summed E-state index contributed by atoms with van der Waals surface area (Å²) in [4.78, 5) is 15.3. The van der Waals surface area contributed by atoms with E-state index in [-0.39, 0.29) is 17.6 Å². The van der Waals surface area contributed by atoms with Crippen LogP contribution in [0.1, 0.15) is 56.6 Å². The van der Waals surface area contributed by atoms with Crippen molar-refractivity contribution in [3.63, 3.8) is 0 Å². The second-order valence-electron chi connectivity index (χ2n) is 8.71. The fourth-order valence-electron chi connectivity index (χ4n) is 5.13. The van der Waals surface area contributed by atoms with Gasteiger partial charge in [0.15, 0.2) is 0 Å². The quantitative estimate of drug-likeness (QED) is 0.844. The number of rotatable bonds is 5. The third-order valence-corrected chi connectivity index (χ3v) is 6.70. The number of ether oxygens (including phenoxy) is 2. The summed E-state index contributed by atoms with van der Waals surface area (Å²) >= 11 is 0. The van der Waals surface area contributed by atoms with Gasteiger partial charge in [0.25, 0.3) is 0 Å². The Morgan fingerprint density at radius 2 is 1.86 bits per heavy atom. The summed E-state index contributed by atoms with van der Waals surface area (Å²) in [6.45, 7) is 4.36. The van der Waals surface area contributed by atoms with Crippen molar-refractivity contribution < 1.29 is 14.3 Å².